The highest BCUT2D eigenvalue weighted by Crippen LogP contribution is 2.32. The lowest BCUT2D eigenvalue weighted by atomic mass is 10.1. The van der Waals surface area contributed by atoms with Crippen molar-refractivity contribution >= 4 is 0 Å². The number of likely N-dealkylation sites (tertiary alicyclic amines) is 1. The summed E-state index contributed by atoms with van der Waals surface area (Å²) in [5.74, 6) is 1.32. The molecule has 3 rings (SSSR count). The highest BCUT2D eigenvalue weighted by molar-refractivity contribution is 4.88. The summed E-state index contributed by atoms with van der Waals surface area (Å²) in [6.45, 7) is 3.65. The summed E-state index contributed by atoms with van der Waals surface area (Å²) >= 11 is 0. The first-order valence-corrected chi connectivity index (χ1v) is 9.28. The highest BCUT2D eigenvalue weighted by atomic mass is 16.5. The Balaban J connectivity index is 1.35. The smallest absolute Gasteiger partial charge is 0.0714 e. The van der Waals surface area contributed by atoms with Crippen LogP contribution in [-0.2, 0) is 4.74 Å². The Kier molecular flexibility index (Phi) is 5.77. The minimum atomic E-state index is 0.374. The first-order chi connectivity index (χ1) is 10.7. The van der Waals surface area contributed by atoms with Gasteiger partial charge in [0.05, 0.1) is 6.10 Å². The second kappa shape index (κ2) is 7.61. The fourth-order valence-electron chi connectivity index (χ4n) is 4.71. The molecule has 0 bridgehead atoms. The monoisotopic (exact) mass is 310 g/mol. The molecule has 0 aromatic carbocycles. The molecule has 0 aromatic rings. The SMILES string of the molecule is CN(C)C1CCC(COC2CCN(C3CCC(CO)C3)C2)C1. The van der Waals surface area contributed by atoms with Crippen molar-refractivity contribution < 1.29 is 9.84 Å². The number of hydrogen-bond donors (Lipinski definition) is 1. The lowest BCUT2D eigenvalue weighted by Gasteiger charge is -2.24. The van der Waals surface area contributed by atoms with Crippen molar-refractivity contribution in [2.24, 2.45) is 11.8 Å². The zero-order valence-electron chi connectivity index (χ0n) is 14.4. The van der Waals surface area contributed by atoms with Crippen molar-refractivity contribution in [3.05, 3.63) is 0 Å². The van der Waals surface area contributed by atoms with E-state index in [9.17, 15) is 5.11 Å². The number of nitrogens with zero attached hydrogens (tertiary/aromatic N) is 2. The van der Waals surface area contributed by atoms with Crippen molar-refractivity contribution in [3.63, 3.8) is 0 Å². The van der Waals surface area contributed by atoms with Crippen LogP contribution in [0.2, 0.25) is 0 Å². The molecule has 4 nitrogen and oxygen atoms in total. The number of rotatable bonds is 6. The van der Waals surface area contributed by atoms with E-state index >= 15 is 0 Å². The van der Waals surface area contributed by atoms with E-state index in [0.717, 1.165) is 25.1 Å². The Hall–Kier alpha value is -0.160. The van der Waals surface area contributed by atoms with Crippen molar-refractivity contribution in [2.75, 3.05) is 40.4 Å². The predicted molar refractivity (Wildman–Crippen MR) is 89.0 cm³/mol. The molecule has 0 aromatic heterocycles. The molecule has 4 heteroatoms. The van der Waals surface area contributed by atoms with Gasteiger partial charge in [0.25, 0.3) is 0 Å². The molecule has 0 radical (unpaired) electrons. The van der Waals surface area contributed by atoms with E-state index in [2.05, 4.69) is 23.9 Å². The number of aliphatic hydroxyl groups excluding tert-OH is 1. The van der Waals surface area contributed by atoms with Gasteiger partial charge in [-0.3, -0.25) is 4.90 Å². The van der Waals surface area contributed by atoms with Crippen molar-refractivity contribution in [1.29, 1.82) is 0 Å². The quantitative estimate of drug-likeness (QED) is 0.814. The lowest BCUT2D eigenvalue weighted by molar-refractivity contribution is 0.0317. The molecule has 1 aliphatic heterocycles. The number of ether oxygens (including phenoxy) is 1. The van der Waals surface area contributed by atoms with Crippen LogP contribution in [0.25, 0.3) is 0 Å². The van der Waals surface area contributed by atoms with Crippen LogP contribution < -0.4 is 0 Å². The number of aliphatic hydroxyl groups is 1. The van der Waals surface area contributed by atoms with Crippen LogP contribution in [-0.4, -0.2) is 73.5 Å². The molecule has 128 valence electrons. The van der Waals surface area contributed by atoms with Crippen molar-refractivity contribution in [2.45, 2.75) is 63.1 Å². The third-order valence-electron chi connectivity index (χ3n) is 6.28. The summed E-state index contributed by atoms with van der Waals surface area (Å²) < 4.78 is 6.25. The van der Waals surface area contributed by atoms with E-state index in [4.69, 9.17) is 4.74 Å². The third-order valence-corrected chi connectivity index (χ3v) is 6.28. The van der Waals surface area contributed by atoms with E-state index in [-0.39, 0.29) is 0 Å². The molecule has 2 aliphatic carbocycles. The maximum atomic E-state index is 9.30. The third kappa shape index (κ3) is 4.02. The molecule has 3 fully saturated rings. The van der Waals surface area contributed by atoms with E-state index < -0.39 is 0 Å². The van der Waals surface area contributed by atoms with Gasteiger partial charge in [-0.15, -0.1) is 0 Å². The number of hydrogen-bond acceptors (Lipinski definition) is 4. The minimum Gasteiger partial charge on any atom is -0.396 e. The van der Waals surface area contributed by atoms with Crippen LogP contribution in [0, 0.1) is 11.8 Å². The maximum Gasteiger partial charge on any atom is 0.0714 e. The Labute approximate surface area is 135 Å². The average Bonchev–Trinajstić information content (AvgIpc) is 3.24. The van der Waals surface area contributed by atoms with Crippen LogP contribution in [0.4, 0.5) is 0 Å². The summed E-state index contributed by atoms with van der Waals surface area (Å²) in [7, 11) is 4.40. The maximum absolute atomic E-state index is 9.30. The molecule has 1 saturated heterocycles. The summed E-state index contributed by atoms with van der Waals surface area (Å²) in [4.78, 5) is 4.99. The zero-order chi connectivity index (χ0) is 15.5. The molecule has 1 heterocycles. The van der Waals surface area contributed by atoms with Crippen LogP contribution >= 0.6 is 0 Å². The zero-order valence-corrected chi connectivity index (χ0v) is 14.4. The van der Waals surface area contributed by atoms with Gasteiger partial charge in [-0.2, -0.15) is 0 Å². The summed E-state index contributed by atoms with van der Waals surface area (Å²) in [5.41, 5.74) is 0. The summed E-state index contributed by atoms with van der Waals surface area (Å²) in [6.07, 6.45) is 9.29. The van der Waals surface area contributed by atoms with Gasteiger partial charge in [-0.25, -0.2) is 0 Å². The van der Waals surface area contributed by atoms with Crippen LogP contribution in [0.3, 0.4) is 0 Å². The summed E-state index contributed by atoms with van der Waals surface area (Å²) in [6, 6.07) is 1.47. The van der Waals surface area contributed by atoms with E-state index in [1.54, 1.807) is 0 Å². The van der Waals surface area contributed by atoms with Crippen LogP contribution in [0.15, 0.2) is 0 Å². The molecule has 22 heavy (non-hydrogen) atoms. The topological polar surface area (TPSA) is 35.9 Å². The fraction of sp³-hybridized carbons (Fsp3) is 1.00. The van der Waals surface area contributed by atoms with Gasteiger partial charge < -0.3 is 14.7 Å². The van der Waals surface area contributed by atoms with Gasteiger partial charge in [0.2, 0.25) is 0 Å². The molecular weight excluding hydrogens is 276 g/mol. The molecule has 2 saturated carbocycles. The second-order valence-corrected chi connectivity index (χ2v) is 8.05. The van der Waals surface area contributed by atoms with Crippen LogP contribution in [0.1, 0.15) is 44.9 Å². The van der Waals surface area contributed by atoms with Gasteiger partial charge in [0.1, 0.15) is 0 Å². The Morgan fingerprint density at radius 1 is 1.05 bits per heavy atom. The van der Waals surface area contributed by atoms with E-state index in [0.29, 0.717) is 24.7 Å². The van der Waals surface area contributed by atoms with Gasteiger partial charge in [-0.1, -0.05) is 0 Å². The normalized spacial score (nSPS) is 40.1. The lowest BCUT2D eigenvalue weighted by Crippen LogP contribution is -2.33. The Morgan fingerprint density at radius 3 is 2.55 bits per heavy atom. The fourth-order valence-corrected chi connectivity index (χ4v) is 4.71. The molecule has 1 N–H and O–H groups in total. The van der Waals surface area contributed by atoms with Gasteiger partial charge in [-0.05, 0) is 70.9 Å². The molecule has 0 amide bonds. The summed E-state index contributed by atoms with van der Waals surface area (Å²) in [5, 5.41) is 9.30. The second-order valence-electron chi connectivity index (χ2n) is 8.05. The predicted octanol–water partition coefficient (Wildman–Crippen LogP) is 1.97. The molecule has 5 unspecified atom stereocenters. The minimum absolute atomic E-state index is 0.374. The van der Waals surface area contributed by atoms with Gasteiger partial charge >= 0.3 is 0 Å². The van der Waals surface area contributed by atoms with Crippen LogP contribution in [0.5, 0.6) is 0 Å². The highest BCUT2D eigenvalue weighted by Gasteiger charge is 2.34. The Bertz CT molecular complexity index is 350. The Morgan fingerprint density at radius 2 is 1.86 bits per heavy atom. The molecule has 0 spiro atoms. The van der Waals surface area contributed by atoms with E-state index in [1.807, 2.05) is 0 Å². The van der Waals surface area contributed by atoms with Crippen molar-refractivity contribution in [1.82, 2.24) is 9.80 Å². The van der Waals surface area contributed by atoms with Crippen molar-refractivity contribution in [3.8, 4) is 0 Å². The largest absolute Gasteiger partial charge is 0.396 e. The molecular formula is C18H34N2O2. The molecule has 5 atom stereocenters. The first kappa shape index (κ1) is 16.7. The standard InChI is InChI=1S/C18H34N2O2/c1-19(2)16-5-4-15(10-16)13-22-18-7-8-20(11-18)17-6-3-14(9-17)12-21/h14-18,21H,3-13H2,1-2H3. The average molecular weight is 310 g/mol. The van der Waals surface area contributed by atoms with Gasteiger partial charge in [0.15, 0.2) is 0 Å². The molecule has 3 aliphatic rings. The van der Waals surface area contributed by atoms with E-state index in [1.165, 1.54) is 51.5 Å². The first-order valence-electron chi connectivity index (χ1n) is 9.28. The van der Waals surface area contributed by atoms with Gasteiger partial charge in [0, 0.05) is 38.4 Å².